The summed E-state index contributed by atoms with van der Waals surface area (Å²) in [5, 5.41) is 2.89. The number of carbonyl (C=O) groups is 3. The average Bonchev–Trinajstić information content (AvgIpc) is 2.60. The second-order valence-electron chi connectivity index (χ2n) is 7.26. The van der Waals surface area contributed by atoms with Crippen molar-refractivity contribution in [3.63, 3.8) is 0 Å². The van der Waals surface area contributed by atoms with Gasteiger partial charge in [0.1, 0.15) is 0 Å². The molecule has 0 saturated carbocycles. The van der Waals surface area contributed by atoms with E-state index in [1.807, 2.05) is 20.8 Å². The van der Waals surface area contributed by atoms with Crippen LogP contribution in [0.15, 0.2) is 24.3 Å². The van der Waals surface area contributed by atoms with Crippen molar-refractivity contribution in [2.45, 2.75) is 33.2 Å². The van der Waals surface area contributed by atoms with Gasteiger partial charge >= 0.3 is 6.09 Å². The van der Waals surface area contributed by atoms with E-state index in [2.05, 4.69) is 5.32 Å². The van der Waals surface area contributed by atoms with Crippen molar-refractivity contribution in [2.24, 2.45) is 0 Å². The lowest BCUT2D eigenvalue weighted by Crippen LogP contribution is -2.50. The molecule has 0 radical (unpaired) electrons. The highest BCUT2D eigenvalue weighted by atomic mass is 16.6. The number of rotatable bonds is 3. The number of benzene rings is 1. The number of hydrogen-bond acceptors (Lipinski definition) is 4. The zero-order valence-electron chi connectivity index (χ0n) is 15.9. The third-order valence-electron chi connectivity index (χ3n) is 3.95. The van der Waals surface area contributed by atoms with Crippen LogP contribution in [0.4, 0.5) is 4.79 Å². The first-order chi connectivity index (χ1) is 12.2. The van der Waals surface area contributed by atoms with Crippen LogP contribution in [0.3, 0.4) is 0 Å². The van der Waals surface area contributed by atoms with E-state index < -0.39 is 0 Å². The molecule has 2 rings (SSSR count). The van der Waals surface area contributed by atoms with Gasteiger partial charge in [-0.3, -0.25) is 9.59 Å². The van der Waals surface area contributed by atoms with Crippen molar-refractivity contribution in [1.29, 1.82) is 0 Å². The molecule has 0 aliphatic carbocycles. The first kappa shape index (κ1) is 19.8. The van der Waals surface area contributed by atoms with Gasteiger partial charge in [0.25, 0.3) is 11.8 Å². The Morgan fingerprint density at radius 1 is 1.04 bits per heavy atom. The van der Waals surface area contributed by atoms with Crippen LogP contribution in [0.1, 0.15) is 48.4 Å². The number of carbonyl (C=O) groups excluding carboxylic acids is 3. The van der Waals surface area contributed by atoms with Crippen molar-refractivity contribution in [1.82, 2.24) is 15.1 Å². The summed E-state index contributed by atoms with van der Waals surface area (Å²) >= 11 is 0. The molecule has 7 nitrogen and oxygen atoms in total. The van der Waals surface area contributed by atoms with E-state index in [-0.39, 0.29) is 23.4 Å². The summed E-state index contributed by atoms with van der Waals surface area (Å²) in [5.41, 5.74) is 0.577. The van der Waals surface area contributed by atoms with Crippen molar-refractivity contribution in [3.8, 4) is 0 Å². The van der Waals surface area contributed by atoms with Gasteiger partial charge < -0.3 is 19.9 Å². The number of amides is 3. The van der Waals surface area contributed by atoms with Gasteiger partial charge in [0.2, 0.25) is 0 Å². The van der Waals surface area contributed by atoms with Crippen molar-refractivity contribution < 1.29 is 19.1 Å². The molecule has 1 N–H and O–H groups in total. The summed E-state index contributed by atoms with van der Waals surface area (Å²) in [6.45, 7) is 9.58. The largest absolute Gasteiger partial charge is 0.450 e. The number of ether oxygens (including phenoxy) is 1. The number of piperazine rings is 1. The smallest absolute Gasteiger partial charge is 0.409 e. The topological polar surface area (TPSA) is 79.0 Å². The summed E-state index contributed by atoms with van der Waals surface area (Å²) in [6, 6.07) is 6.71. The fourth-order valence-electron chi connectivity index (χ4n) is 2.70. The summed E-state index contributed by atoms with van der Waals surface area (Å²) in [5.74, 6) is -0.349. The van der Waals surface area contributed by atoms with E-state index in [0.717, 1.165) is 0 Å². The molecule has 7 heteroatoms. The zero-order valence-corrected chi connectivity index (χ0v) is 15.9. The third-order valence-corrected chi connectivity index (χ3v) is 3.95. The number of nitrogens with one attached hydrogen (secondary N) is 1. The van der Waals surface area contributed by atoms with Gasteiger partial charge in [0.15, 0.2) is 0 Å². The maximum Gasteiger partial charge on any atom is 0.409 e. The van der Waals surface area contributed by atoms with Crippen LogP contribution in [0.2, 0.25) is 0 Å². The highest BCUT2D eigenvalue weighted by molar-refractivity contribution is 6.00. The van der Waals surface area contributed by atoms with E-state index >= 15 is 0 Å². The maximum atomic E-state index is 12.7. The Bertz CT molecular complexity index is 674. The highest BCUT2D eigenvalue weighted by Gasteiger charge is 2.26. The minimum Gasteiger partial charge on any atom is -0.450 e. The molecular formula is C19H27N3O4. The molecule has 26 heavy (non-hydrogen) atoms. The Balaban J connectivity index is 2.01. The Kier molecular flexibility index (Phi) is 6.23. The van der Waals surface area contributed by atoms with Crippen molar-refractivity contribution in [2.75, 3.05) is 32.8 Å². The third kappa shape index (κ3) is 5.21. The molecular weight excluding hydrogens is 334 g/mol. The quantitative estimate of drug-likeness (QED) is 0.894. The molecule has 1 aliphatic rings. The molecule has 1 aromatic rings. The van der Waals surface area contributed by atoms with Crippen LogP contribution in [0, 0.1) is 0 Å². The first-order valence-electron chi connectivity index (χ1n) is 8.85. The second kappa shape index (κ2) is 8.21. The van der Waals surface area contributed by atoms with Gasteiger partial charge in [0.05, 0.1) is 6.61 Å². The molecule has 0 unspecified atom stereocenters. The fraction of sp³-hybridized carbons (Fsp3) is 0.526. The lowest BCUT2D eigenvalue weighted by Gasteiger charge is -2.34. The summed E-state index contributed by atoms with van der Waals surface area (Å²) in [7, 11) is 0. The Morgan fingerprint density at radius 3 is 2.19 bits per heavy atom. The van der Waals surface area contributed by atoms with E-state index in [0.29, 0.717) is 43.9 Å². The summed E-state index contributed by atoms with van der Waals surface area (Å²) in [4.78, 5) is 40.0. The molecule has 0 atom stereocenters. The molecule has 0 spiro atoms. The number of hydrogen-bond donors (Lipinski definition) is 1. The van der Waals surface area contributed by atoms with E-state index in [4.69, 9.17) is 4.74 Å². The molecule has 1 aliphatic heterocycles. The maximum absolute atomic E-state index is 12.7. The Morgan fingerprint density at radius 2 is 1.62 bits per heavy atom. The second-order valence-corrected chi connectivity index (χ2v) is 7.26. The monoisotopic (exact) mass is 361 g/mol. The Hall–Kier alpha value is -2.57. The van der Waals surface area contributed by atoms with Crippen molar-refractivity contribution >= 4 is 17.9 Å². The van der Waals surface area contributed by atoms with E-state index in [1.54, 1.807) is 41.0 Å². The summed E-state index contributed by atoms with van der Waals surface area (Å²) < 4.78 is 4.98. The molecule has 0 bridgehead atoms. The van der Waals surface area contributed by atoms with Gasteiger partial charge in [-0.1, -0.05) is 6.07 Å². The lowest BCUT2D eigenvalue weighted by molar-refractivity contribution is 0.0570. The predicted molar refractivity (Wildman–Crippen MR) is 98.2 cm³/mol. The molecule has 1 aromatic carbocycles. The van der Waals surface area contributed by atoms with Crippen LogP contribution in [-0.2, 0) is 4.74 Å². The normalized spacial score (nSPS) is 14.8. The van der Waals surface area contributed by atoms with Gasteiger partial charge in [-0.05, 0) is 45.9 Å². The molecule has 1 fully saturated rings. The van der Waals surface area contributed by atoms with Crippen LogP contribution >= 0.6 is 0 Å². The average molecular weight is 361 g/mol. The SMILES string of the molecule is CCOC(=O)N1CCN(C(=O)c2cccc(C(=O)NC(C)(C)C)c2)CC1. The van der Waals surface area contributed by atoms with Gasteiger partial charge in [-0.15, -0.1) is 0 Å². The summed E-state index contributed by atoms with van der Waals surface area (Å²) in [6.07, 6.45) is -0.347. The van der Waals surface area contributed by atoms with Crippen LogP contribution < -0.4 is 5.32 Å². The Labute approximate surface area is 154 Å². The highest BCUT2D eigenvalue weighted by Crippen LogP contribution is 2.13. The minimum atomic E-state index is -0.347. The first-order valence-corrected chi connectivity index (χ1v) is 8.85. The number of nitrogens with zero attached hydrogens (tertiary/aromatic N) is 2. The van der Waals surface area contributed by atoms with Crippen LogP contribution in [-0.4, -0.2) is 66.0 Å². The van der Waals surface area contributed by atoms with Gasteiger partial charge in [0, 0.05) is 42.8 Å². The molecule has 1 heterocycles. The molecule has 142 valence electrons. The van der Waals surface area contributed by atoms with Crippen LogP contribution in [0.5, 0.6) is 0 Å². The molecule has 3 amide bonds. The zero-order chi connectivity index (χ0) is 19.3. The van der Waals surface area contributed by atoms with Crippen LogP contribution in [0.25, 0.3) is 0 Å². The standard InChI is InChI=1S/C19H27N3O4/c1-5-26-18(25)22-11-9-21(10-12-22)17(24)15-8-6-7-14(13-15)16(23)20-19(2,3)4/h6-8,13H,5,9-12H2,1-4H3,(H,20,23). The minimum absolute atomic E-state index is 0.140. The predicted octanol–water partition coefficient (Wildman–Crippen LogP) is 2.13. The lowest BCUT2D eigenvalue weighted by atomic mass is 10.1. The molecule has 0 aromatic heterocycles. The van der Waals surface area contributed by atoms with Gasteiger partial charge in [-0.25, -0.2) is 4.79 Å². The van der Waals surface area contributed by atoms with E-state index in [9.17, 15) is 14.4 Å². The van der Waals surface area contributed by atoms with Gasteiger partial charge in [-0.2, -0.15) is 0 Å². The fourth-order valence-corrected chi connectivity index (χ4v) is 2.70. The molecule has 1 saturated heterocycles. The van der Waals surface area contributed by atoms with E-state index in [1.165, 1.54) is 0 Å². The van der Waals surface area contributed by atoms with Crippen molar-refractivity contribution in [3.05, 3.63) is 35.4 Å².